The van der Waals surface area contributed by atoms with E-state index in [0.29, 0.717) is 23.5 Å². The van der Waals surface area contributed by atoms with Crippen LogP contribution in [-0.2, 0) is 20.7 Å². The van der Waals surface area contributed by atoms with E-state index >= 15 is 0 Å². The van der Waals surface area contributed by atoms with Crippen molar-refractivity contribution in [3.63, 3.8) is 0 Å². The Morgan fingerprint density at radius 2 is 1.81 bits per heavy atom. The van der Waals surface area contributed by atoms with Crippen molar-refractivity contribution in [2.24, 2.45) is 0 Å². The summed E-state index contributed by atoms with van der Waals surface area (Å²) < 4.78 is 5.32. The molecule has 0 aliphatic rings. The quantitative estimate of drug-likeness (QED) is 0.713. The number of nitrogens with one attached hydrogen (secondary N) is 2. The average Bonchev–Trinajstić information content (AvgIpc) is 2.88. The molecule has 2 N–H and O–H groups in total. The van der Waals surface area contributed by atoms with Crippen LogP contribution >= 0.6 is 11.3 Å². The molecule has 1 atom stereocenters. The number of carbonyl (C=O) groups is 3. The number of aryl methyl sites for hydroxylation is 1. The molecule has 1 aromatic heterocycles. The molecule has 1 aromatic carbocycles. The number of carbonyl (C=O) groups excluding carboxylic acids is 3. The summed E-state index contributed by atoms with van der Waals surface area (Å²) in [7, 11) is 0. The number of esters is 1. The van der Waals surface area contributed by atoms with Gasteiger partial charge in [0, 0.05) is 18.3 Å². The Hall–Kier alpha value is -2.67. The fourth-order valence-corrected chi connectivity index (χ4v) is 3.61. The van der Waals surface area contributed by atoms with Gasteiger partial charge in [-0.05, 0) is 38.3 Å². The Labute approximate surface area is 162 Å². The van der Waals surface area contributed by atoms with E-state index in [4.69, 9.17) is 4.74 Å². The zero-order valence-electron chi connectivity index (χ0n) is 15.9. The lowest BCUT2D eigenvalue weighted by Gasteiger charge is -2.14. The van der Waals surface area contributed by atoms with Crippen molar-refractivity contribution in [3.05, 3.63) is 51.9 Å². The SMILES string of the molecule is CC(=O)Nc1sc(C)c(C)c1C(=O)OC(C)C(=O)NCCc1ccccc1. The van der Waals surface area contributed by atoms with E-state index in [1.54, 1.807) is 6.92 Å². The lowest BCUT2D eigenvalue weighted by atomic mass is 10.1. The molecule has 0 spiro atoms. The van der Waals surface area contributed by atoms with Crippen LogP contribution in [0.2, 0.25) is 0 Å². The van der Waals surface area contributed by atoms with Crippen molar-refractivity contribution in [1.82, 2.24) is 5.32 Å². The van der Waals surface area contributed by atoms with Gasteiger partial charge in [0.25, 0.3) is 5.91 Å². The van der Waals surface area contributed by atoms with Gasteiger partial charge in [-0.3, -0.25) is 9.59 Å². The summed E-state index contributed by atoms with van der Waals surface area (Å²) in [6.45, 7) is 7.02. The largest absolute Gasteiger partial charge is 0.449 e. The average molecular weight is 388 g/mol. The predicted octanol–water partition coefficient (Wildman–Crippen LogP) is 3.23. The second-order valence-corrected chi connectivity index (χ2v) is 7.47. The van der Waals surface area contributed by atoms with Crippen molar-refractivity contribution in [2.75, 3.05) is 11.9 Å². The lowest BCUT2D eigenvalue weighted by Crippen LogP contribution is -2.37. The first-order valence-electron chi connectivity index (χ1n) is 8.69. The molecule has 0 fully saturated rings. The van der Waals surface area contributed by atoms with Crippen molar-refractivity contribution < 1.29 is 19.1 Å². The third-order valence-electron chi connectivity index (χ3n) is 4.09. The third kappa shape index (κ3) is 5.65. The van der Waals surface area contributed by atoms with Crippen LogP contribution in [-0.4, -0.2) is 30.4 Å². The number of rotatable bonds is 7. The molecule has 0 aliphatic heterocycles. The molecule has 0 radical (unpaired) electrons. The Balaban J connectivity index is 1.94. The molecule has 0 aliphatic carbocycles. The summed E-state index contributed by atoms with van der Waals surface area (Å²) in [5.74, 6) is -1.24. The van der Waals surface area contributed by atoms with E-state index in [1.807, 2.05) is 37.3 Å². The van der Waals surface area contributed by atoms with Crippen molar-refractivity contribution in [1.29, 1.82) is 0 Å². The molecule has 0 saturated carbocycles. The minimum absolute atomic E-state index is 0.267. The molecule has 1 heterocycles. The fourth-order valence-electron chi connectivity index (χ4n) is 2.51. The Morgan fingerprint density at radius 1 is 1.15 bits per heavy atom. The molecule has 27 heavy (non-hydrogen) atoms. The highest BCUT2D eigenvalue weighted by Crippen LogP contribution is 2.33. The molecular formula is C20H24N2O4S. The summed E-state index contributed by atoms with van der Waals surface area (Å²) in [6, 6.07) is 9.80. The first-order valence-corrected chi connectivity index (χ1v) is 9.51. The maximum Gasteiger partial charge on any atom is 0.342 e. The van der Waals surface area contributed by atoms with Gasteiger partial charge in [0.05, 0.1) is 5.56 Å². The van der Waals surface area contributed by atoms with E-state index in [2.05, 4.69) is 10.6 Å². The molecule has 2 amide bonds. The smallest absolute Gasteiger partial charge is 0.342 e. The summed E-state index contributed by atoms with van der Waals surface area (Å²) in [5.41, 5.74) is 2.16. The van der Waals surface area contributed by atoms with Gasteiger partial charge in [-0.1, -0.05) is 30.3 Å². The van der Waals surface area contributed by atoms with Crippen LogP contribution < -0.4 is 10.6 Å². The first kappa shape index (κ1) is 20.6. The van der Waals surface area contributed by atoms with Gasteiger partial charge in [-0.15, -0.1) is 11.3 Å². The molecule has 144 valence electrons. The number of thiophene rings is 1. The van der Waals surface area contributed by atoms with Gasteiger partial charge >= 0.3 is 5.97 Å². The highest BCUT2D eigenvalue weighted by atomic mass is 32.1. The molecule has 0 bridgehead atoms. The second-order valence-electron chi connectivity index (χ2n) is 6.24. The van der Waals surface area contributed by atoms with Gasteiger partial charge in [-0.25, -0.2) is 4.79 Å². The topological polar surface area (TPSA) is 84.5 Å². The maximum atomic E-state index is 12.5. The minimum Gasteiger partial charge on any atom is -0.449 e. The number of hydrogen-bond acceptors (Lipinski definition) is 5. The number of amides is 2. The number of hydrogen-bond donors (Lipinski definition) is 2. The molecule has 2 rings (SSSR count). The normalized spacial score (nSPS) is 11.6. The maximum absolute atomic E-state index is 12.5. The Kier molecular flexibility index (Phi) is 7.12. The first-order chi connectivity index (χ1) is 12.8. The standard InChI is InChI=1S/C20H24N2O4S/c1-12-14(3)27-19(22-15(4)23)17(12)20(25)26-13(2)18(24)21-11-10-16-8-6-5-7-9-16/h5-9,13H,10-11H2,1-4H3,(H,21,24)(H,22,23). The van der Waals surface area contributed by atoms with E-state index in [9.17, 15) is 14.4 Å². The van der Waals surface area contributed by atoms with Crippen LogP contribution in [0.3, 0.4) is 0 Å². The predicted molar refractivity (Wildman–Crippen MR) is 106 cm³/mol. The van der Waals surface area contributed by atoms with Crippen molar-refractivity contribution in [2.45, 2.75) is 40.2 Å². The molecule has 6 nitrogen and oxygen atoms in total. The molecular weight excluding hydrogens is 364 g/mol. The number of ether oxygens (including phenoxy) is 1. The third-order valence-corrected chi connectivity index (χ3v) is 5.21. The molecule has 1 unspecified atom stereocenters. The van der Waals surface area contributed by atoms with E-state index < -0.39 is 12.1 Å². The molecule has 7 heteroatoms. The molecule has 0 saturated heterocycles. The summed E-state index contributed by atoms with van der Waals surface area (Å²) in [6.07, 6.45) is -0.235. The van der Waals surface area contributed by atoms with Gasteiger partial charge in [0.1, 0.15) is 5.00 Å². The highest BCUT2D eigenvalue weighted by molar-refractivity contribution is 7.16. The molecule has 2 aromatic rings. The van der Waals surface area contributed by atoms with E-state index in [1.165, 1.54) is 25.2 Å². The Morgan fingerprint density at radius 3 is 2.44 bits per heavy atom. The van der Waals surface area contributed by atoms with Crippen LogP contribution in [0.1, 0.15) is 40.2 Å². The fraction of sp³-hybridized carbons (Fsp3) is 0.350. The minimum atomic E-state index is -0.932. The van der Waals surface area contributed by atoms with Crippen LogP contribution in [0.15, 0.2) is 30.3 Å². The summed E-state index contributed by atoms with van der Waals surface area (Å²) in [5, 5.41) is 5.86. The second kappa shape index (κ2) is 9.32. The summed E-state index contributed by atoms with van der Waals surface area (Å²) >= 11 is 1.31. The van der Waals surface area contributed by atoms with E-state index in [0.717, 1.165) is 16.0 Å². The van der Waals surface area contributed by atoms with Crippen LogP contribution in [0.4, 0.5) is 5.00 Å². The lowest BCUT2D eigenvalue weighted by molar-refractivity contribution is -0.129. The zero-order chi connectivity index (χ0) is 20.0. The van der Waals surface area contributed by atoms with Gasteiger partial charge in [0.2, 0.25) is 5.91 Å². The van der Waals surface area contributed by atoms with Crippen LogP contribution in [0, 0.1) is 13.8 Å². The van der Waals surface area contributed by atoms with Gasteiger partial charge in [0.15, 0.2) is 6.10 Å². The highest BCUT2D eigenvalue weighted by Gasteiger charge is 2.25. The van der Waals surface area contributed by atoms with E-state index in [-0.39, 0.29) is 11.8 Å². The number of anilines is 1. The summed E-state index contributed by atoms with van der Waals surface area (Å²) in [4.78, 5) is 37.0. The Bertz CT molecular complexity index is 830. The van der Waals surface area contributed by atoms with Crippen LogP contribution in [0.25, 0.3) is 0 Å². The van der Waals surface area contributed by atoms with Gasteiger partial charge < -0.3 is 15.4 Å². The van der Waals surface area contributed by atoms with Crippen LogP contribution in [0.5, 0.6) is 0 Å². The monoisotopic (exact) mass is 388 g/mol. The van der Waals surface area contributed by atoms with Crippen molar-refractivity contribution in [3.8, 4) is 0 Å². The van der Waals surface area contributed by atoms with Crippen molar-refractivity contribution >= 4 is 34.1 Å². The van der Waals surface area contributed by atoms with Gasteiger partial charge in [-0.2, -0.15) is 0 Å². The zero-order valence-corrected chi connectivity index (χ0v) is 16.7. The number of benzene rings is 1.